The lowest BCUT2D eigenvalue weighted by Crippen LogP contribution is -2.51. The lowest BCUT2D eigenvalue weighted by Gasteiger charge is -2.40. The van der Waals surface area contributed by atoms with Crippen LogP contribution in [0, 0.1) is 17.3 Å². The average molecular weight is 765 g/mol. The second kappa shape index (κ2) is 38.3. The highest BCUT2D eigenvalue weighted by molar-refractivity contribution is 5.88. The highest BCUT2D eigenvalue weighted by Crippen LogP contribution is 2.47. The molecule has 6 nitrogen and oxygen atoms in total. The second-order valence-corrected chi connectivity index (χ2v) is 17.1. The van der Waals surface area contributed by atoms with Crippen LogP contribution in [0.15, 0.2) is 0 Å². The Hall–Kier alpha value is -1.59. The predicted molar refractivity (Wildman–Crippen MR) is 229 cm³/mol. The Morgan fingerprint density at radius 1 is 0.333 bits per heavy atom. The molecule has 0 heterocycles. The first-order valence-electron chi connectivity index (χ1n) is 24.0. The van der Waals surface area contributed by atoms with E-state index in [1.807, 2.05) is 0 Å². The van der Waals surface area contributed by atoms with Crippen LogP contribution in [0.25, 0.3) is 0 Å². The molecule has 320 valence electrons. The van der Waals surface area contributed by atoms with Gasteiger partial charge in [-0.3, -0.25) is 14.4 Å². The van der Waals surface area contributed by atoms with E-state index in [9.17, 15) is 29.7 Å². The van der Waals surface area contributed by atoms with E-state index in [2.05, 4.69) is 20.8 Å². The molecular weight excluding hydrogens is 673 g/mol. The third-order valence-corrected chi connectivity index (χ3v) is 12.4. The zero-order valence-corrected chi connectivity index (χ0v) is 36.3. The van der Waals surface area contributed by atoms with Crippen LogP contribution in [0.4, 0.5) is 0 Å². The molecule has 0 spiro atoms. The van der Waals surface area contributed by atoms with Crippen LogP contribution >= 0.6 is 0 Å². The smallest absolute Gasteiger partial charge is 0.311 e. The van der Waals surface area contributed by atoms with Crippen LogP contribution in [0.5, 0.6) is 0 Å². The summed E-state index contributed by atoms with van der Waals surface area (Å²) < 4.78 is 0. The maximum absolute atomic E-state index is 13.4. The van der Waals surface area contributed by atoms with Gasteiger partial charge in [-0.15, -0.1) is 0 Å². The first-order valence-corrected chi connectivity index (χ1v) is 24.0. The number of carboxylic acid groups (broad SMARTS) is 3. The monoisotopic (exact) mass is 765 g/mol. The number of hydrogen-bond acceptors (Lipinski definition) is 3. The van der Waals surface area contributed by atoms with Crippen molar-refractivity contribution in [3.05, 3.63) is 0 Å². The molecule has 0 saturated carbocycles. The quantitative estimate of drug-likeness (QED) is 0.0533. The second-order valence-electron chi connectivity index (χ2n) is 17.1. The minimum absolute atomic E-state index is 0.129. The van der Waals surface area contributed by atoms with Gasteiger partial charge in [-0.1, -0.05) is 252 Å². The Bertz CT molecular complexity index is 858. The van der Waals surface area contributed by atoms with Gasteiger partial charge in [-0.05, 0) is 19.3 Å². The van der Waals surface area contributed by atoms with Gasteiger partial charge in [-0.2, -0.15) is 0 Å². The Labute approximate surface area is 335 Å². The van der Waals surface area contributed by atoms with Crippen molar-refractivity contribution in [3.8, 4) is 0 Å². The van der Waals surface area contributed by atoms with E-state index < -0.39 is 35.2 Å². The summed E-state index contributed by atoms with van der Waals surface area (Å²) in [6.07, 6.45) is 42.1. The van der Waals surface area contributed by atoms with Gasteiger partial charge in [-0.25, -0.2) is 0 Å². The molecule has 0 aromatic heterocycles. The molecule has 0 amide bonds. The molecular formula is C48H92O6. The molecule has 0 rings (SSSR count). The molecule has 3 unspecified atom stereocenters. The molecule has 0 aliphatic carbocycles. The van der Waals surface area contributed by atoms with E-state index in [1.165, 1.54) is 154 Å². The summed E-state index contributed by atoms with van der Waals surface area (Å²) in [4.78, 5) is 39.2. The van der Waals surface area contributed by atoms with Crippen molar-refractivity contribution < 1.29 is 29.7 Å². The van der Waals surface area contributed by atoms with Crippen molar-refractivity contribution in [2.75, 3.05) is 0 Å². The maximum Gasteiger partial charge on any atom is 0.311 e. The zero-order valence-electron chi connectivity index (χ0n) is 36.3. The van der Waals surface area contributed by atoms with Crippen LogP contribution in [0.3, 0.4) is 0 Å². The highest BCUT2D eigenvalue weighted by atomic mass is 16.4. The summed E-state index contributed by atoms with van der Waals surface area (Å²) in [7, 11) is 0. The van der Waals surface area contributed by atoms with E-state index in [-0.39, 0.29) is 19.3 Å². The van der Waals surface area contributed by atoms with Gasteiger partial charge in [0, 0.05) is 0 Å². The molecule has 0 fully saturated rings. The van der Waals surface area contributed by atoms with E-state index in [1.54, 1.807) is 0 Å². The molecule has 0 aliphatic rings. The van der Waals surface area contributed by atoms with Crippen LogP contribution < -0.4 is 0 Å². The molecule has 0 aliphatic heterocycles. The largest absolute Gasteiger partial charge is 0.481 e. The van der Waals surface area contributed by atoms with E-state index in [4.69, 9.17) is 0 Å². The first-order chi connectivity index (χ1) is 26.3. The maximum atomic E-state index is 13.4. The summed E-state index contributed by atoms with van der Waals surface area (Å²) in [6, 6.07) is 0. The van der Waals surface area contributed by atoms with Gasteiger partial charge in [0.25, 0.3) is 0 Å². The lowest BCUT2D eigenvalue weighted by molar-refractivity contribution is -0.176. The van der Waals surface area contributed by atoms with Crippen molar-refractivity contribution in [2.24, 2.45) is 17.3 Å². The van der Waals surface area contributed by atoms with Gasteiger partial charge in [0.1, 0.15) is 0 Å². The molecule has 0 aromatic carbocycles. The molecule has 0 saturated heterocycles. The van der Waals surface area contributed by atoms with Crippen LogP contribution in [0.1, 0.15) is 271 Å². The van der Waals surface area contributed by atoms with E-state index in [0.717, 1.165) is 57.8 Å². The third-order valence-electron chi connectivity index (χ3n) is 12.4. The van der Waals surface area contributed by atoms with Gasteiger partial charge in [0.15, 0.2) is 0 Å². The summed E-state index contributed by atoms with van der Waals surface area (Å²) in [5, 5.41) is 32.0. The number of aliphatic carboxylic acids is 3. The number of hydrogen-bond donors (Lipinski definition) is 3. The molecule has 0 aromatic rings. The summed E-state index contributed by atoms with van der Waals surface area (Å²) in [5.41, 5.74) is -1.79. The molecule has 6 heteroatoms. The molecule has 0 radical (unpaired) electrons. The van der Waals surface area contributed by atoms with E-state index >= 15 is 0 Å². The van der Waals surface area contributed by atoms with Crippen molar-refractivity contribution in [2.45, 2.75) is 271 Å². The van der Waals surface area contributed by atoms with Crippen LogP contribution in [0.2, 0.25) is 0 Å². The summed E-state index contributed by atoms with van der Waals surface area (Å²) in [5.74, 6) is -5.88. The van der Waals surface area contributed by atoms with Crippen molar-refractivity contribution in [1.29, 1.82) is 0 Å². The number of carbonyl (C=O) groups is 3. The Balaban J connectivity index is 5.24. The van der Waals surface area contributed by atoms with Crippen molar-refractivity contribution in [1.82, 2.24) is 0 Å². The standard InChI is InChI=1S/C48H92O6/c1-4-7-10-13-16-19-22-24-25-27-30-33-36-39-42-48(47(53)54,43(45(49)50)40-37-34-31-28-21-18-15-12-9-6-3)44(46(51)52)41-38-35-32-29-26-23-20-17-14-11-8-5-2/h43-44H,4-42H2,1-3H3,(H,49,50)(H,51,52)(H,53,54). The number of unbranched alkanes of at least 4 members (excludes halogenated alkanes) is 33. The first kappa shape index (κ1) is 52.4. The van der Waals surface area contributed by atoms with Gasteiger partial charge in [0.05, 0.1) is 17.3 Å². The van der Waals surface area contributed by atoms with Gasteiger partial charge < -0.3 is 15.3 Å². The summed E-state index contributed by atoms with van der Waals surface area (Å²) in [6.45, 7) is 6.72. The fraction of sp³-hybridized carbons (Fsp3) is 0.938. The molecule has 3 N–H and O–H groups in total. The van der Waals surface area contributed by atoms with E-state index in [0.29, 0.717) is 19.3 Å². The van der Waals surface area contributed by atoms with Crippen LogP contribution in [-0.2, 0) is 14.4 Å². The fourth-order valence-corrected chi connectivity index (χ4v) is 8.84. The third kappa shape index (κ3) is 27.1. The van der Waals surface area contributed by atoms with Crippen molar-refractivity contribution in [3.63, 3.8) is 0 Å². The van der Waals surface area contributed by atoms with Crippen LogP contribution in [-0.4, -0.2) is 33.2 Å². The Morgan fingerprint density at radius 2 is 0.537 bits per heavy atom. The minimum atomic E-state index is -1.79. The molecule has 3 atom stereocenters. The number of carboxylic acids is 3. The Kier molecular flexibility index (Phi) is 37.2. The predicted octanol–water partition coefficient (Wildman–Crippen LogP) is 15.7. The summed E-state index contributed by atoms with van der Waals surface area (Å²) >= 11 is 0. The van der Waals surface area contributed by atoms with Gasteiger partial charge >= 0.3 is 17.9 Å². The lowest BCUT2D eigenvalue weighted by atomic mass is 9.60. The van der Waals surface area contributed by atoms with Gasteiger partial charge in [0.2, 0.25) is 0 Å². The SMILES string of the molecule is CCCCCCCCCCCCCCCCC(C(=O)O)(C(CCCCCCCCCCCC)C(=O)O)C(CCCCCCCCCCCCCC)C(=O)O. The minimum Gasteiger partial charge on any atom is -0.481 e. The topological polar surface area (TPSA) is 112 Å². The average Bonchev–Trinajstić information content (AvgIpc) is 3.14. The fourth-order valence-electron chi connectivity index (χ4n) is 8.84. The molecule has 0 bridgehead atoms. The normalized spacial score (nSPS) is 13.8. The van der Waals surface area contributed by atoms with Crippen molar-refractivity contribution >= 4 is 17.9 Å². The molecule has 54 heavy (non-hydrogen) atoms. The zero-order chi connectivity index (χ0) is 40.0. The Morgan fingerprint density at radius 3 is 0.741 bits per heavy atom. The number of rotatable bonds is 44. The highest BCUT2D eigenvalue weighted by Gasteiger charge is 2.56.